The van der Waals surface area contributed by atoms with Gasteiger partial charge in [0.25, 0.3) is 0 Å². The van der Waals surface area contributed by atoms with Crippen molar-refractivity contribution in [3.63, 3.8) is 0 Å². The molecule has 5 heteroatoms. The second-order valence-corrected chi connectivity index (χ2v) is 5.68. The van der Waals surface area contributed by atoms with Gasteiger partial charge >= 0.3 is 0 Å². The lowest BCUT2D eigenvalue weighted by molar-refractivity contribution is 0.392. The third-order valence-electron chi connectivity index (χ3n) is 3.01. The molecule has 1 atom stereocenters. The molecule has 1 aromatic carbocycles. The first-order valence-electron chi connectivity index (χ1n) is 6.58. The highest BCUT2D eigenvalue weighted by Gasteiger charge is 2.10. The van der Waals surface area contributed by atoms with Crippen molar-refractivity contribution in [2.75, 3.05) is 26.0 Å². The minimum Gasteiger partial charge on any atom is -0.389 e. The van der Waals surface area contributed by atoms with Crippen molar-refractivity contribution in [2.24, 2.45) is 5.73 Å². The van der Waals surface area contributed by atoms with Crippen LogP contribution in [0.4, 0.5) is 5.82 Å². The zero-order chi connectivity index (χ0) is 14.7. The number of rotatable bonds is 5. The number of pyridine rings is 1. The van der Waals surface area contributed by atoms with E-state index in [4.69, 9.17) is 18.0 Å². The number of benzene rings is 1. The number of nitrogens with two attached hydrogens (primary N) is 1. The van der Waals surface area contributed by atoms with Gasteiger partial charge in [-0.05, 0) is 33.2 Å². The average molecular weight is 288 g/mol. The summed E-state index contributed by atoms with van der Waals surface area (Å²) in [6, 6.07) is 10.1. The Kier molecular flexibility index (Phi) is 4.52. The number of likely N-dealkylation sites (N-methyl/N-ethyl adjacent to an activating group) is 1. The Labute approximate surface area is 125 Å². The first-order valence-corrected chi connectivity index (χ1v) is 6.99. The first kappa shape index (κ1) is 14.7. The molecule has 2 rings (SSSR count). The molecule has 0 aliphatic carbocycles. The fraction of sp³-hybridized carbons (Fsp3) is 0.333. The SMILES string of the molecule is CC(CN(C)C)Nc1cc(C(N)=S)c2ccccc2n1. The quantitative estimate of drug-likeness (QED) is 0.826. The maximum absolute atomic E-state index is 5.83. The number of fused-ring (bicyclic) bond motifs is 1. The number of nitrogens with one attached hydrogen (secondary N) is 1. The topological polar surface area (TPSA) is 54.2 Å². The molecule has 106 valence electrons. The van der Waals surface area contributed by atoms with Crippen LogP contribution in [-0.4, -0.2) is 41.6 Å². The average Bonchev–Trinajstić information content (AvgIpc) is 2.36. The van der Waals surface area contributed by atoms with E-state index < -0.39 is 0 Å². The van der Waals surface area contributed by atoms with Crippen molar-refractivity contribution in [3.8, 4) is 0 Å². The molecular formula is C15H20N4S. The van der Waals surface area contributed by atoms with Crippen LogP contribution in [0.2, 0.25) is 0 Å². The van der Waals surface area contributed by atoms with E-state index in [1.165, 1.54) is 0 Å². The van der Waals surface area contributed by atoms with Crippen molar-refractivity contribution >= 4 is 33.9 Å². The number of hydrogen-bond acceptors (Lipinski definition) is 4. The van der Waals surface area contributed by atoms with E-state index in [1.54, 1.807) is 0 Å². The Morgan fingerprint density at radius 2 is 2.10 bits per heavy atom. The molecule has 20 heavy (non-hydrogen) atoms. The molecule has 1 heterocycles. The number of thiocarbonyl (C=S) groups is 1. The van der Waals surface area contributed by atoms with Gasteiger partial charge in [-0.3, -0.25) is 0 Å². The maximum Gasteiger partial charge on any atom is 0.127 e. The zero-order valence-corrected chi connectivity index (χ0v) is 12.9. The molecule has 4 nitrogen and oxygen atoms in total. The summed E-state index contributed by atoms with van der Waals surface area (Å²) in [7, 11) is 4.10. The molecule has 0 fully saturated rings. The van der Waals surface area contributed by atoms with Gasteiger partial charge in [-0.15, -0.1) is 0 Å². The largest absolute Gasteiger partial charge is 0.389 e. The number of aromatic nitrogens is 1. The highest BCUT2D eigenvalue weighted by atomic mass is 32.1. The van der Waals surface area contributed by atoms with E-state index in [9.17, 15) is 0 Å². The van der Waals surface area contributed by atoms with Crippen molar-refractivity contribution in [1.82, 2.24) is 9.88 Å². The standard InChI is InChI=1S/C15H20N4S/c1-10(9-19(2)3)17-14-8-12(15(16)20)11-6-4-5-7-13(11)18-14/h4-8,10H,9H2,1-3H3,(H2,16,20)(H,17,18). The summed E-state index contributed by atoms with van der Waals surface area (Å²) in [5.41, 5.74) is 7.59. The fourth-order valence-electron chi connectivity index (χ4n) is 2.30. The Balaban J connectivity index is 2.37. The minimum absolute atomic E-state index is 0.290. The molecule has 0 amide bonds. The van der Waals surface area contributed by atoms with Gasteiger partial charge in [-0.25, -0.2) is 4.98 Å². The van der Waals surface area contributed by atoms with Crippen molar-refractivity contribution in [3.05, 3.63) is 35.9 Å². The summed E-state index contributed by atoms with van der Waals surface area (Å²) in [6.45, 7) is 3.05. The van der Waals surface area contributed by atoms with Crippen molar-refractivity contribution in [1.29, 1.82) is 0 Å². The molecule has 1 unspecified atom stereocenters. The summed E-state index contributed by atoms with van der Waals surface area (Å²) in [4.78, 5) is 7.15. The summed E-state index contributed by atoms with van der Waals surface area (Å²) >= 11 is 5.15. The summed E-state index contributed by atoms with van der Waals surface area (Å²) in [6.07, 6.45) is 0. The highest BCUT2D eigenvalue weighted by molar-refractivity contribution is 7.80. The van der Waals surface area contributed by atoms with Gasteiger partial charge in [0.05, 0.1) is 5.52 Å². The zero-order valence-electron chi connectivity index (χ0n) is 12.1. The van der Waals surface area contributed by atoms with Crippen LogP contribution in [0, 0.1) is 0 Å². The van der Waals surface area contributed by atoms with Gasteiger partial charge in [0.1, 0.15) is 10.8 Å². The van der Waals surface area contributed by atoms with Crippen LogP contribution in [0.15, 0.2) is 30.3 Å². The number of nitrogens with zero attached hydrogens (tertiary/aromatic N) is 2. The molecule has 0 aliphatic heterocycles. The lowest BCUT2D eigenvalue weighted by atomic mass is 10.1. The molecule has 0 saturated carbocycles. The Hall–Kier alpha value is -1.72. The van der Waals surface area contributed by atoms with Gasteiger partial charge in [0.15, 0.2) is 0 Å². The molecule has 0 radical (unpaired) electrons. The second-order valence-electron chi connectivity index (χ2n) is 5.24. The number of hydrogen-bond donors (Lipinski definition) is 2. The van der Waals surface area contributed by atoms with Gasteiger partial charge in [0, 0.05) is 23.5 Å². The van der Waals surface area contributed by atoms with E-state index in [2.05, 4.69) is 22.1 Å². The predicted molar refractivity (Wildman–Crippen MR) is 89.3 cm³/mol. The van der Waals surface area contributed by atoms with Crippen LogP contribution in [0.5, 0.6) is 0 Å². The second kappa shape index (κ2) is 6.15. The van der Waals surface area contributed by atoms with Crippen LogP contribution < -0.4 is 11.1 Å². The smallest absolute Gasteiger partial charge is 0.127 e. The van der Waals surface area contributed by atoms with E-state index in [-0.39, 0.29) is 6.04 Å². The van der Waals surface area contributed by atoms with Crippen molar-refractivity contribution in [2.45, 2.75) is 13.0 Å². The first-order chi connectivity index (χ1) is 9.47. The van der Waals surface area contributed by atoms with Crippen LogP contribution >= 0.6 is 12.2 Å². The molecule has 3 N–H and O–H groups in total. The Morgan fingerprint density at radius 1 is 1.40 bits per heavy atom. The van der Waals surface area contributed by atoms with E-state index in [0.29, 0.717) is 4.99 Å². The molecular weight excluding hydrogens is 268 g/mol. The fourth-order valence-corrected chi connectivity index (χ4v) is 2.47. The number of para-hydroxylation sites is 1. The third kappa shape index (κ3) is 3.43. The summed E-state index contributed by atoms with van der Waals surface area (Å²) in [5.74, 6) is 0.806. The lowest BCUT2D eigenvalue weighted by Gasteiger charge is -2.19. The van der Waals surface area contributed by atoms with Gasteiger partial charge in [-0.2, -0.15) is 0 Å². The monoisotopic (exact) mass is 288 g/mol. The van der Waals surface area contributed by atoms with Gasteiger partial charge < -0.3 is 16.0 Å². The Bertz CT molecular complexity index is 624. The highest BCUT2D eigenvalue weighted by Crippen LogP contribution is 2.21. The Morgan fingerprint density at radius 3 is 2.75 bits per heavy atom. The minimum atomic E-state index is 0.290. The molecule has 0 bridgehead atoms. The molecule has 0 spiro atoms. The molecule has 0 aliphatic rings. The van der Waals surface area contributed by atoms with Crippen LogP contribution in [0.3, 0.4) is 0 Å². The van der Waals surface area contributed by atoms with E-state index in [0.717, 1.165) is 28.8 Å². The van der Waals surface area contributed by atoms with Crippen molar-refractivity contribution < 1.29 is 0 Å². The lowest BCUT2D eigenvalue weighted by Crippen LogP contribution is -2.30. The van der Waals surface area contributed by atoms with E-state index >= 15 is 0 Å². The predicted octanol–water partition coefficient (Wildman–Crippen LogP) is 2.23. The molecule has 2 aromatic rings. The van der Waals surface area contributed by atoms with Crippen LogP contribution in [-0.2, 0) is 0 Å². The van der Waals surface area contributed by atoms with E-state index in [1.807, 2.05) is 44.4 Å². The molecule has 0 saturated heterocycles. The maximum atomic E-state index is 5.83. The summed E-state index contributed by atoms with van der Waals surface area (Å²) in [5, 5.41) is 4.38. The van der Waals surface area contributed by atoms with Crippen LogP contribution in [0.25, 0.3) is 10.9 Å². The van der Waals surface area contributed by atoms with Gasteiger partial charge in [0.2, 0.25) is 0 Å². The summed E-state index contributed by atoms with van der Waals surface area (Å²) < 4.78 is 0. The third-order valence-corrected chi connectivity index (χ3v) is 3.23. The van der Waals surface area contributed by atoms with Crippen LogP contribution in [0.1, 0.15) is 12.5 Å². The molecule has 1 aromatic heterocycles. The van der Waals surface area contributed by atoms with Gasteiger partial charge in [-0.1, -0.05) is 30.4 Å². The normalized spacial score (nSPS) is 12.6. The number of anilines is 1.